The van der Waals surface area contributed by atoms with Crippen LogP contribution in [0.15, 0.2) is 24.5 Å². The zero-order valence-corrected chi connectivity index (χ0v) is 8.05. The summed E-state index contributed by atoms with van der Waals surface area (Å²) in [5, 5.41) is 8.61. The number of nitrogens with zero attached hydrogens (tertiary/aromatic N) is 1. The first kappa shape index (κ1) is 10.7. The average molecular weight is 194 g/mol. The highest BCUT2D eigenvalue weighted by Crippen LogP contribution is 2.20. The molecule has 2 atom stereocenters. The van der Waals surface area contributed by atoms with Crippen LogP contribution in [-0.2, 0) is 4.79 Å². The second-order valence-electron chi connectivity index (χ2n) is 3.38. The highest BCUT2D eigenvalue weighted by atomic mass is 16.4. The summed E-state index contributed by atoms with van der Waals surface area (Å²) < 4.78 is 0. The molecule has 1 rings (SSSR count). The zero-order valence-electron chi connectivity index (χ0n) is 8.05. The number of aliphatic carboxylic acids is 1. The number of aromatic nitrogens is 1. The van der Waals surface area contributed by atoms with E-state index in [1.165, 1.54) is 0 Å². The summed E-state index contributed by atoms with van der Waals surface area (Å²) in [6, 6.07) is 3.38. The second kappa shape index (κ2) is 4.72. The summed E-state index contributed by atoms with van der Waals surface area (Å²) in [6.07, 6.45) is 3.40. The van der Waals surface area contributed by atoms with Crippen molar-refractivity contribution in [2.75, 3.05) is 0 Å². The Morgan fingerprint density at radius 3 is 2.64 bits per heavy atom. The molecule has 0 aliphatic heterocycles. The van der Waals surface area contributed by atoms with Crippen molar-refractivity contribution < 1.29 is 9.90 Å². The topological polar surface area (TPSA) is 76.2 Å². The zero-order chi connectivity index (χ0) is 10.6. The van der Waals surface area contributed by atoms with E-state index in [0.717, 1.165) is 5.56 Å². The average Bonchev–Trinajstić information content (AvgIpc) is 2.17. The SMILES string of the molecule is CC(CC(=O)O)C(N)c1ccncc1. The Hall–Kier alpha value is -1.42. The van der Waals surface area contributed by atoms with Gasteiger partial charge in [-0.1, -0.05) is 6.92 Å². The third-order valence-electron chi connectivity index (χ3n) is 2.20. The lowest BCUT2D eigenvalue weighted by Gasteiger charge is -2.18. The lowest BCUT2D eigenvalue weighted by atomic mass is 9.93. The molecule has 0 radical (unpaired) electrons. The van der Waals surface area contributed by atoms with Crippen molar-refractivity contribution in [1.29, 1.82) is 0 Å². The number of rotatable bonds is 4. The minimum absolute atomic E-state index is 0.0742. The molecule has 0 fully saturated rings. The standard InChI is InChI=1S/C10H14N2O2/c1-7(6-9(13)14)10(11)8-2-4-12-5-3-8/h2-5,7,10H,6,11H2,1H3,(H,13,14). The van der Waals surface area contributed by atoms with E-state index in [9.17, 15) is 4.79 Å². The first-order valence-corrected chi connectivity index (χ1v) is 4.48. The van der Waals surface area contributed by atoms with Crippen LogP contribution in [0.2, 0.25) is 0 Å². The van der Waals surface area contributed by atoms with Gasteiger partial charge in [-0.25, -0.2) is 0 Å². The molecule has 0 saturated heterocycles. The number of hydrogen-bond donors (Lipinski definition) is 2. The van der Waals surface area contributed by atoms with E-state index >= 15 is 0 Å². The summed E-state index contributed by atoms with van der Waals surface area (Å²) >= 11 is 0. The van der Waals surface area contributed by atoms with E-state index in [4.69, 9.17) is 10.8 Å². The van der Waals surface area contributed by atoms with Gasteiger partial charge in [0.15, 0.2) is 0 Å². The van der Waals surface area contributed by atoms with E-state index in [0.29, 0.717) is 0 Å². The summed E-state index contributed by atoms with van der Waals surface area (Å²) in [6.45, 7) is 1.83. The van der Waals surface area contributed by atoms with Crippen molar-refractivity contribution in [3.05, 3.63) is 30.1 Å². The first-order valence-electron chi connectivity index (χ1n) is 4.48. The van der Waals surface area contributed by atoms with Gasteiger partial charge >= 0.3 is 5.97 Å². The highest BCUT2D eigenvalue weighted by Gasteiger charge is 2.17. The van der Waals surface area contributed by atoms with Gasteiger partial charge in [0.05, 0.1) is 0 Å². The molecule has 0 aliphatic carbocycles. The molecule has 4 nitrogen and oxygen atoms in total. The van der Waals surface area contributed by atoms with Gasteiger partial charge in [0, 0.05) is 24.9 Å². The molecule has 14 heavy (non-hydrogen) atoms. The predicted octanol–water partition coefficient (Wildman–Crippen LogP) is 1.19. The molecule has 2 unspecified atom stereocenters. The van der Waals surface area contributed by atoms with Crippen LogP contribution in [0.5, 0.6) is 0 Å². The minimum atomic E-state index is -0.818. The molecule has 1 heterocycles. The van der Waals surface area contributed by atoms with Crippen LogP contribution in [0.3, 0.4) is 0 Å². The maximum Gasteiger partial charge on any atom is 0.303 e. The molecule has 0 saturated carbocycles. The number of carboxylic acids is 1. The van der Waals surface area contributed by atoms with Crippen LogP contribution in [0, 0.1) is 5.92 Å². The van der Waals surface area contributed by atoms with Crippen LogP contribution in [0.4, 0.5) is 0 Å². The summed E-state index contributed by atoms with van der Waals surface area (Å²) in [5.74, 6) is -0.892. The Morgan fingerprint density at radius 2 is 2.14 bits per heavy atom. The second-order valence-corrected chi connectivity index (χ2v) is 3.38. The summed E-state index contributed by atoms with van der Waals surface area (Å²) in [7, 11) is 0. The fourth-order valence-corrected chi connectivity index (χ4v) is 1.32. The number of carboxylic acid groups (broad SMARTS) is 1. The maximum absolute atomic E-state index is 10.5. The molecule has 1 aromatic rings. The fourth-order valence-electron chi connectivity index (χ4n) is 1.32. The van der Waals surface area contributed by atoms with Crippen LogP contribution in [0.25, 0.3) is 0 Å². The summed E-state index contributed by atoms with van der Waals surface area (Å²) in [4.78, 5) is 14.4. The third-order valence-corrected chi connectivity index (χ3v) is 2.20. The van der Waals surface area contributed by atoms with Crippen LogP contribution >= 0.6 is 0 Å². The van der Waals surface area contributed by atoms with Crippen molar-refractivity contribution >= 4 is 5.97 Å². The molecular weight excluding hydrogens is 180 g/mol. The van der Waals surface area contributed by atoms with E-state index in [-0.39, 0.29) is 18.4 Å². The molecule has 0 aliphatic rings. The number of hydrogen-bond acceptors (Lipinski definition) is 3. The van der Waals surface area contributed by atoms with Gasteiger partial charge in [0.2, 0.25) is 0 Å². The van der Waals surface area contributed by atoms with Crippen molar-refractivity contribution in [2.45, 2.75) is 19.4 Å². The first-order chi connectivity index (χ1) is 6.61. The number of nitrogens with two attached hydrogens (primary N) is 1. The highest BCUT2D eigenvalue weighted by molar-refractivity contribution is 5.67. The predicted molar refractivity (Wildman–Crippen MR) is 52.6 cm³/mol. The van der Waals surface area contributed by atoms with Gasteiger partial charge in [0.1, 0.15) is 0 Å². The minimum Gasteiger partial charge on any atom is -0.481 e. The maximum atomic E-state index is 10.5. The van der Waals surface area contributed by atoms with Gasteiger partial charge in [-0.15, -0.1) is 0 Å². The van der Waals surface area contributed by atoms with E-state index in [1.807, 2.05) is 19.1 Å². The molecule has 0 amide bonds. The Bertz CT molecular complexity index is 300. The summed E-state index contributed by atoms with van der Waals surface area (Å²) in [5.41, 5.74) is 6.82. The van der Waals surface area contributed by atoms with E-state index in [1.54, 1.807) is 12.4 Å². The molecule has 76 valence electrons. The molecule has 0 spiro atoms. The molecule has 3 N–H and O–H groups in total. The van der Waals surface area contributed by atoms with Gasteiger partial charge in [-0.05, 0) is 23.6 Å². The van der Waals surface area contributed by atoms with Gasteiger partial charge in [-0.3, -0.25) is 9.78 Å². The van der Waals surface area contributed by atoms with Crippen molar-refractivity contribution in [1.82, 2.24) is 4.98 Å². The molecule has 1 aromatic heterocycles. The van der Waals surface area contributed by atoms with Crippen molar-refractivity contribution in [2.24, 2.45) is 11.7 Å². The third kappa shape index (κ3) is 2.81. The number of carbonyl (C=O) groups is 1. The van der Waals surface area contributed by atoms with Crippen LogP contribution in [0.1, 0.15) is 24.9 Å². The monoisotopic (exact) mass is 194 g/mol. The normalized spacial score (nSPS) is 14.7. The Kier molecular flexibility index (Phi) is 3.59. The van der Waals surface area contributed by atoms with E-state index in [2.05, 4.69) is 4.98 Å². The van der Waals surface area contributed by atoms with Crippen molar-refractivity contribution in [3.8, 4) is 0 Å². The molecule has 0 aromatic carbocycles. The smallest absolute Gasteiger partial charge is 0.303 e. The Balaban J connectivity index is 2.65. The van der Waals surface area contributed by atoms with Gasteiger partial charge < -0.3 is 10.8 Å². The molecule has 4 heteroatoms. The van der Waals surface area contributed by atoms with E-state index < -0.39 is 5.97 Å². The van der Waals surface area contributed by atoms with Crippen molar-refractivity contribution in [3.63, 3.8) is 0 Å². The quantitative estimate of drug-likeness (QED) is 0.754. The molecular formula is C10H14N2O2. The number of pyridine rings is 1. The lowest BCUT2D eigenvalue weighted by Crippen LogP contribution is -2.21. The lowest BCUT2D eigenvalue weighted by molar-refractivity contribution is -0.138. The van der Waals surface area contributed by atoms with Crippen LogP contribution in [-0.4, -0.2) is 16.1 Å². The Labute approximate surface area is 82.8 Å². The van der Waals surface area contributed by atoms with Gasteiger partial charge in [-0.2, -0.15) is 0 Å². The van der Waals surface area contributed by atoms with Gasteiger partial charge in [0.25, 0.3) is 0 Å². The molecule has 0 bridgehead atoms. The largest absolute Gasteiger partial charge is 0.481 e. The fraction of sp³-hybridized carbons (Fsp3) is 0.400. The van der Waals surface area contributed by atoms with Crippen LogP contribution < -0.4 is 5.73 Å². The Morgan fingerprint density at radius 1 is 1.57 bits per heavy atom.